The van der Waals surface area contributed by atoms with Gasteiger partial charge in [-0.2, -0.15) is 0 Å². The molecule has 0 aliphatic rings. The number of pyridine rings is 1. The molecule has 0 aliphatic heterocycles. The van der Waals surface area contributed by atoms with Crippen LogP contribution in [-0.2, 0) is 5.41 Å². The number of carbonyl (C=O) groups is 1. The Bertz CT molecular complexity index is 568. The number of aldehydes is 1. The fourth-order valence-corrected chi connectivity index (χ4v) is 1.71. The van der Waals surface area contributed by atoms with Gasteiger partial charge in [-0.05, 0) is 29.2 Å². The van der Waals surface area contributed by atoms with Crippen molar-refractivity contribution in [2.24, 2.45) is 0 Å². The average Bonchev–Trinajstić information content (AvgIpc) is 2.38. The van der Waals surface area contributed by atoms with Crippen LogP contribution >= 0.6 is 0 Å². The van der Waals surface area contributed by atoms with E-state index in [4.69, 9.17) is 4.74 Å². The molecule has 1 heterocycles. The predicted molar refractivity (Wildman–Crippen MR) is 74.8 cm³/mol. The molecule has 0 fully saturated rings. The van der Waals surface area contributed by atoms with E-state index in [0.717, 1.165) is 12.0 Å². The first-order valence-electron chi connectivity index (χ1n) is 6.18. The Morgan fingerprint density at radius 2 is 1.74 bits per heavy atom. The third-order valence-corrected chi connectivity index (χ3v) is 2.83. The lowest BCUT2D eigenvalue weighted by molar-refractivity contribution is 0.112. The molecule has 0 radical (unpaired) electrons. The van der Waals surface area contributed by atoms with Crippen molar-refractivity contribution in [3.05, 3.63) is 53.9 Å². The first kappa shape index (κ1) is 13.3. The highest BCUT2D eigenvalue weighted by Crippen LogP contribution is 2.26. The highest BCUT2D eigenvalue weighted by Gasteiger charge is 2.13. The van der Waals surface area contributed by atoms with Gasteiger partial charge in [0.1, 0.15) is 11.5 Å². The van der Waals surface area contributed by atoms with Crippen LogP contribution in [0, 0.1) is 0 Å². The molecule has 0 amide bonds. The minimum Gasteiger partial charge on any atom is -0.456 e. The largest absolute Gasteiger partial charge is 0.456 e. The number of hydrogen-bond acceptors (Lipinski definition) is 3. The molecule has 0 N–H and O–H groups in total. The molecule has 3 heteroatoms. The monoisotopic (exact) mass is 255 g/mol. The van der Waals surface area contributed by atoms with Crippen LogP contribution in [0.4, 0.5) is 0 Å². The van der Waals surface area contributed by atoms with E-state index in [1.165, 1.54) is 11.8 Å². The van der Waals surface area contributed by atoms with Crippen molar-refractivity contribution in [2.45, 2.75) is 26.2 Å². The fourth-order valence-electron chi connectivity index (χ4n) is 1.71. The van der Waals surface area contributed by atoms with E-state index >= 15 is 0 Å². The number of nitrogens with zero attached hydrogens (tertiary/aromatic N) is 1. The maximum atomic E-state index is 10.7. The smallest absolute Gasteiger partial charge is 0.151 e. The standard InChI is InChI=1S/C16H17NO2/c1-16(2,3)13-4-6-14(7-5-13)19-15-8-12(11-18)9-17-10-15/h4-11H,1-3H3. The van der Waals surface area contributed by atoms with Crippen LogP contribution in [0.3, 0.4) is 0 Å². The van der Waals surface area contributed by atoms with Gasteiger partial charge in [0.2, 0.25) is 0 Å². The van der Waals surface area contributed by atoms with Crippen molar-refractivity contribution in [1.82, 2.24) is 4.98 Å². The molecule has 3 nitrogen and oxygen atoms in total. The molecule has 98 valence electrons. The molecule has 0 bridgehead atoms. The Hall–Kier alpha value is -2.16. The molecule has 0 saturated heterocycles. The maximum absolute atomic E-state index is 10.7. The molecule has 0 spiro atoms. The Kier molecular flexibility index (Phi) is 3.65. The van der Waals surface area contributed by atoms with E-state index in [-0.39, 0.29) is 5.41 Å². The van der Waals surface area contributed by atoms with Crippen LogP contribution in [0.1, 0.15) is 36.7 Å². The quantitative estimate of drug-likeness (QED) is 0.778. The van der Waals surface area contributed by atoms with Gasteiger partial charge in [-0.1, -0.05) is 32.9 Å². The average molecular weight is 255 g/mol. The summed E-state index contributed by atoms with van der Waals surface area (Å²) >= 11 is 0. The highest BCUT2D eigenvalue weighted by molar-refractivity contribution is 5.74. The summed E-state index contributed by atoms with van der Waals surface area (Å²) in [6, 6.07) is 9.61. The van der Waals surface area contributed by atoms with Crippen molar-refractivity contribution < 1.29 is 9.53 Å². The molecule has 0 aliphatic carbocycles. The second-order valence-electron chi connectivity index (χ2n) is 5.45. The molecular formula is C16H17NO2. The zero-order valence-corrected chi connectivity index (χ0v) is 11.4. The molecule has 0 saturated carbocycles. The lowest BCUT2D eigenvalue weighted by Crippen LogP contribution is -2.10. The summed E-state index contributed by atoms with van der Waals surface area (Å²) in [5, 5.41) is 0. The normalized spacial score (nSPS) is 11.1. The highest BCUT2D eigenvalue weighted by atomic mass is 16.5. The van der Waals surface area contributed by atoms with Gasteiger partial charge in [0.15, 0.2) is 6.29 Å². The summed E-state index contributed by atoms with van der Waals surface area (Å²) in [6.07, 6.45) is 3.84. The van der Waals surface area contributed by atoms with Crippen LogP contribution in [-0.4, -0.2) is 11.3 Å². The number of carbonyl (C=O) groups excluding carboxylic acids is 1. The zero-order chi connectivity index (χ0) is 13.9. The summed E-state index contributed by atoms with van der Waals surface area (Å²) < 4.78 is 5.67. The lowest BCUT2D eigenvalue weighted by Gasteiger charge is -2.19. The van der Waals surface area contributed by atoms with Crippen molar-refractivity contribution in [3.8, 4) is 11.5 Å². The van der Waals surface area contributed by atoms with Gasteiger partial charge in [0.25, 0.3) is 0 Å². The van der Waals surface area contributed by atoms with Crippen LogP contribution in [0.2, 0.25) is 0 Å². The Balaban J connectivity index is 2.17. The molecule has 0 unspecified atom stereocenters. The molecule has 0 atom stereocenters. The maximum Gasteiger partial charge on any atom is 0.151 e. The van der Waals surface area contributed by atoms with E-state index in [9.17, 15) is 4.79 Å². The minimum absolute atomic E-state index is 0.123. The number of hydrogen-bond donors (Lipinski definition) is 0. The van der Waals surface area contributed by atoms with E-state index < -0.39 is 0 Å². The molecular weight excluding hydrogens is 238 g/mol. The number of ether oxygens (including phenoxy) is 1. The van der Waals surface area contributed by atoms with Crippen LogP contribution in [0.5, 0.6) is 11.5 Å². The summed E-state index contributed by atoms with van der Waals surface area (Å²) in [5.74, 6) is 1.30. The first-order chi connectivity index (χ1) is 8.99. The van der Waals surface area contributed by atoms with Crippen molar-refractivity contribution in [2.75, 3.05) is 0 Å². The van der Waals surface area contributed by atoms with Gasteiger partial charge in [-0.3, -0.25) is 9.78 Å². The fraction of sp³-hybridized carbons (Fsp3) is 0.250. The van der Waals surface area contributed by atoms with E-state index in [1.54, 1.807) is 12.3 Å². The molecule has 1 aromatic carbocycles. The molecule has 2 aromatic rings. The predicted octanol–water partition coefficient (Wildman–Crippen LogP) is 3.98. The van der Waals surface area contributed by atoms with Gasteiger partial charge in [-0.25, -0.2) is 0 Å². The van der Waals surface area contributed by atoms with Crippen molar-refractivity contribution in [1.29, 1.82) is 0 Å². The van der Waals surface area contributed by atoms with Gasteiger partial charge in [-0.15, -0.1) is 0 Å². The van der Waals surface area contributed by atoms with Crippen molar-refractivity contribution >= 4 is 6.29 Å². The first-order valence-corrected chi connectivity index (χ1v) is 6.18. The Morgan fingerprint density at radius 1 is 1.05 bits per heavy atom. The molecule has 2 rings (SSSR count). The summed E-state index contributed by atoms with van der Waals surface area (Å²) in [7, 11) is 0. The number of benzene rings is 1. The third-order valence-electron chi connectivity index (χ3n) is 2.83. The van der Waals surface area contributed by atoms with Gasteiger partial charge in [0.05, 0.1) is 6.20 Å². The third kappa shape index (κ3) is 3.41. The van der Waals surface area contributed by atoms with Crippen molar-refractivity contribution in [3.63, 3.8) is 0 Å². The molecule has 19 heavy (non-hydrogen) atoms. The Morgan fingerprint density at radius 3 is 2.32 bits per heavy atom. The lowest BCUT2D eigenvalue weighted by atomic mass is 9.87. The van der Waals surface area contributed by atoms with E-state index in [0.29, 0.717) is 11.3 Å². The van der Waals surface area contributed by atoms with Gasteiger partial charge in [0, 0.05) is 11.8 Å². The van der Waals surface area contributed by atoms with Crippen LogP contribution in [0.15, 0.2) is 42.7 Å². The van der Waals surface area contributed by atoms with Gasteiger partial charge < -0.3 is 4.74 Å². The van der Waals surface area contributed by atoms with Crippen LogP contribution < -0.4 is 4.74 Å². The summed E-state index contributed by atoms with van der Waals surface area (Å²) in [4.78, 5) is 14.6. The Labute approximate surface area is 113 Å². The summed E-state index contributed by atoms with van der Waals surface area (Å²) in [5.41, 5.74) is 1.88. The number of rotatable bonds is 3. The second kappa shape index (κ2) is 5.22. The second-order valence-corrected chi connectivity index (χ2v) is 5.45. The SMILES string of the molecule is CC(C)(C)c1ccc(Oc2cncc(C=O)c2)cc1. The zero-order valence-electron chi connectivity index (χ0n) is 11.4. The van der Waals surface area contributed by atoms with E-state index in [1.807, 2.05) is 24.3 Å². The topological polar surface area (TPSA) is 39.2 Å². The van der Waals surface area contributed by atoms with E-state index in [2.05, 4.69) is 25.8 Å². The van der Waals surface area contributed by atoms with Gasteiger partial charge >= 0.3 is 0 Å². The minimum atomic E-state index is 0.123. The summed E-state index contributed by atoms with van der Waals surface area (Å²) in [6.45, 7) is 6.50. The molecule has 1 aromatic heterocycles. The van der Waals surface area contributed by atoms with Crippen LogP contribution in [0.25, 0.3) is 0 Å². The number of aromatic nitrogens is 1.